The lowest BCUT2D eigenvalue weighted by Crippen LogP contribution is -1.94. The van der Waals surface area contributed by atoms with Gasteiger partial charge in [-0.2, -0.15) is 0 Å². The molecule has 5 heteroatoms. The summed E-state index contributed by atoms with van der Waals surface area (Å²) < 4.78 is 17.7. The molecular weight excluding hydrogens is 201 g/mol. The van der Waals surface area contributed by atoms with E-state index in [2.05, 4.69) is 4.98 Å². The van der Waals surface area contributed by atoms with E-state index in [0.717, 1.165) is 0 Å². The first-order valence-corrected chi connectivity index (χ1v) is 4.12. The molecule has 0 aliphatic carbocycles. The molecule has 1 aromatic carbocycles. The molecule has 0 spiro atoms. The number of benzene rings is 1. The van der Waals surface area contributed by atoms with Crippen molar-refractivity contribution in [3.8, 4) is 11.3 Å². The Morgan fingerprint density at radius 3 is 2.87 bits per heavy atom. The van der Waals surface area contributed by atoms with Gasteiger partial charge in [0.1, 0.15) is 5.82 Å². The zero-order chi connectivity index (χ0) is 10.8. The van der Waals surface area contributed by atoms with Gasteiger partial charge in [0.25, 0.3) is 0 Å². The molecule has 0 radical (unpaired) electrons. The van der Waals surface area contributed by atoms with Gasteiger partial charge in [-0.1, -0.05) is 12.1 Å². The SMILES string of the molecule is O=C(O)c1ncc(-c2cccc(F)c2)o1. The highest BCUT2D eigenvalue weighted by Crippen LogP contribution is 2.20. The Hall–Kier alpha value is -2.17. The van der Waals surface area contributed by atoms with E-state index in [1.807, 2.05) is 0 Å². The maximum Gasteiger partial charge on any atom is 0.392 e. The fourth-order valence-electron chi connectivity index (χ4n) is 1.15. The topological polar surface area (TPSA) is 63.3 Å². The van der Waals surface area contributed by atoms with Gasteiger partial charge in [0.15, 0.2) is 5.76 Å². The third-order valence-electron chi connectivity index (χ3n) is 1.80. The Balaban J connectivity index is 2.41. The quantitative estimate of drug-likeness (QED) is 0.819. The minimum atomic E-state index is -1.25. The van der Waals surface area contributed by atoms with Crippen molar-refractivity contribution in [3.05, 3.63) is 42.2 Å². The lowest BCUT2D eigenvalue weighted by Gasteiger charge is -1.94. The number of aromatic carboxylic acids is 1. The maximum absolute atomic E-state index is 12.8. The van der Waals surface area contributed by atoms with Crippen molar-refractivity contribution in [1.29, 1.82) is 0 Å². The molecule has 0 aliphatic rings. The number of hydrogen-bond acceptors (Lipinski definition) is 3. The van der Waals surface area contributed by atoms with E-state index >= 15 is 0 Å². The molecule has 1 aromatic heterocycles. The van der Waals surface area contributed by atoms with Crippen molar-refractivity contribution in [2.24, 2.45) is 0 Å². The van der Waals surface area contributed by atoms with Gasteiger partial charge < -0.3 is 9.52 Å². The molecule has 1 heterocycles. The predicted molar refractivity (Wildman–Crippen MR) is 48.9 cm³/mol. The van der Waals surface area contributed by atoms with Crippen LogP contribution in [0.4, 0.5) is 4.39 Å². The average Bonchev–Trinajstić information content (AvgIpc) is 2.66. The van der Waals surface area contributed by atoms with E-state index < -0.39 is 17.7 Å². The van der Waals surface area contributed by atoms with Gasteiger partial charge in [0.05, 0.1) is 6.20 Å². The van der Waals surface area contributed by atoms with Crippen molar-refractivity contribution in [1.82, 2.24) is 4.98 Å². The van der Waals surface area contributed by atoms with Gasteiger partial charge in [-0.25, -0.2) is 14.2 Å². The summed E-state index contributed by atoms with van der Waals surface area (Å²) >= 11 is 0. The van der Waals surface area contributed by atoms with Crippen LogP contribution in [-0.4, -0.2) is 16.1 Å². The Morgan fingerprint density at radius 1 is 1.47 bits per heavy atom. The third-order valence-corrected chi connectivity index (χ3v) is 1.80. The van der Waals surface area contributed by atoms with E-state index in [1.165, 1.54) is 24.4 Å². The number of carboxylic acid groups (broad SMARTS) is 1. The van der Waals surface area contributed by atoms with E-state index in [1.54, 1.807) is 6.07 Å². The highest BCUT2D eigenvalue weighted by Gasteiger charge is 2.12. The molecule has 15 heavy (non-hydrogen) atoms. The number of aromatic nitrogens is 1. The van der Waals surface area contributed by atoms with Crippen LogP contribution in [0.2, 0.25) is 0 Å². The monoisotopic (exact) mass is 207 g/mol. The fraction of sp³-hybridized carbons (Fsp3) is 0. The summed E-state index contributed by atoms with van der Waals surface area (Å²) in [4.78, 5) is 14.0. The summed E-state index contributed by atoms with van der Waals surface area (Å²) in [6.07, 6.45) is 1.25. The van der Waals surface area contributed by atoms with Crippen LogP contribution in [0.15, 0.2) is 34.9 Å². The molecule has 76 valence electrons. The first-order chi connectivity index (χ1) is 7.16. The summed E-state index contributed by atoms with van der Waals surface area (Å²) in [6, 6.07) is 5.65. The van der Waals surface area contributed by atoms with Crippen LogP contribution < -0.4 is 0 Å². The highest BCUT2D eigenvalue weighted by atomic mass is 19.1. The number of rotatable bonds is 2. The number of nitrogens with zero attached hydrogens (tertiary/aromatic N) is 1. The third kappa shape index (κ3) is 1.85. The largest absolute Gasteiger partial charge is 0.474 e. The zero-order valence-corrected chi connectivity index (χ0v) is 7.48. The summed E-state index contributed by atoms with van der Waals surface area (Å²) in [5.41, 5.74) is 0.454. The van der Waals surface area contributed by atoms with Crippen molar-refractivity contribution < 1.29 is 18.7 Å². The summed E-state index contributed by atoms with van der Waals surface area (Å²) in [5.74, 6) is -1.85. The molecule has 1 N–H and O–H groups in total. The van der Waals surface area contributed by atoms with E-state index in [-0.39, 0.29) is 5.76 Å². The van der Waals surface area contributed by atoms with E-state index in [4.69, 9.17) is 9.52 Å². The molecule has 0 aliphatic heterocycles. The van der Waals surface area contributed by atoms with Crippen molar-refractivity contribution >= 4 is 5.97 Å². The molecule has 2 aromatic rings. The molecule has 0 atom stereocenters. The van der Waals surface area contributed by atoms with Crippen molar-refractivity contribution in [2.45, 2.75) is 0 Å². The van der Waals surface area contributed by atoms with Crippen LogP contribution in [0.1, 0.15) is 10.7 Å². The van der Waals surface area contributed by atoms with Crippen molar-refractivity contribution in [3.63, 3.8) is 0 Å². The second kappa shape index (κ2) is 3.53. The Morgan fingerprint density at radius 2 is 2.27 bits per heavy atom. The average molecular weight is 207 g/mol. The molecule has 0 unspecified atom stereocenters. The standard InChI is InChI=1S/C10H6FNO3/c11-7-3-1-2-6(4-7)8-5-12-9(15-8)10(13)14/h1-5H,(H,13,14). The molecule has 0 saturated heterocycles. The van der Waals surface area contributed by atoms with Crippen LogP contribution in [-0.2, 0) is 0 Å². The Labute approximate surface area is 84.0 Å². The molecule has 0 saturated carbocycles. The molecule has 2 rings (SSSR count). The van der Waals surface area contributed by atoms with E-state index in [9.17, 15) is 9.18 Å². The lowest BCUT2D eigenvalue weighted by molar-refractivity contribution is 0.0654. The van der Waals surface area contributed by atoms with Crippen LogP contribution in [0.3, 0.4) is 0 Å². The Bertz CT molecular complexity index is 507. The van der Waals surface area contributed by atoms with Gasteiger partial charge in [-0.3, -0.25) is 0 Å². The van der Waals surface area contributed by atoms with Gasteiger partial charge in [-0.05, 0) is 12.1 Å². The molecule has 4 nitrogen and oxygen atoms in total. The van der Waals surface area contributed by atoms with Crippen LogP contribution in [0.25, 0.3) is 11.3 Å². The number of halogens is 1. The summed E-state index contributed by atoms with van der Waals surface area (Å²) in [5, 5.41) is 8.57. The lowest BCUT2D eigenvalue weighted by atomic mass is 10.2. The van der Waals surface area contributed by atoms with Crippen LogP contribution in [0.5, 0.6) is 0 Å². The normalized spacial score (nSPS) is 10.2. The first-order valence-electron chi connectivity index (χ1n) is 4.12. The van der Waals surface area contributed by atoms with E-state index in [0.29, 0.717) is 5.56 Å². The number of hydrogen-bond donors (Lipinski definition) is 1. The smallest absolute Gasteiger partial charge is 0.392 e. The minimum absolute atomic E-state index is 0.229. The highest BCUT2D eigenvalue weighted by molar-refractivity contribution is 5.82. The maximum atomic E-state index is 12.8. The fourth-order valence-corrected chi connectivity index (χ4v) is 1.15. The van der Waals surface area contributed by atoms with Gasteiger partial charge in [0.2, 0.25) is 0 Å². The second-order valence-electron chi connectivity index (χ2n) is 2.85. The number of carbonyl (C=O) groups is 1. The minimum Gasteiger partial charge on any atom is -0.474 e. The summed E-state index contributed by atoms with van der Waals surface area (Å²) in [6.45, 7) is 0. The second-order valence-corrected chi connectivity index (χ2v) is 2.85. The first kappa shape index (κ1) is 9.39. The summed E-state index contributed by atoms with van der Waals surface area (Å²) in [7, 11) is 0. The molecule has 0 bridgehead atoms. The van der Waals surface area contributed by atoms with Gasteiger partial charge in [-0.15, -0.1) is 0 Å². The Kier molecular flexibility index (Phi) is 2.21. The van der Waals surface area contributed by atoms with Crippen LogP contribution >= 0.6 is 0 Å². The zero-order valence-electron chi connectivity index (χ0n) is 7.48. The van der Waals surface area contributed by atoms with Crippen molar-refractivity contribution in [2.75, 3.05) is 0 Å². The number of carboxylic acids is 1. The molecule has 0 amide bonds. The molecular formula is C10H6FNO3. The van der Waals surface area contributed by atoms with Gasteiger partial charge >= 0.3 is 11.9 Å². The van der Waals surface area contributed by atoms with Gasteiger partial charge in [0, 0.05) is 5.56 Å². The molecule has 0 fully saturated rings. The predicted octanol–water partition coefficient (Wildman–Crippen LogP) is 2.18. The van der Waals surface area contributed by atoms with Crippen LogP contribution in [0, 0.1) is 5.82 Å². The number of oxazole rings is 1.